The number of carbonyl (C=O) groups is 4. The van der Waals surface area contributed by atoms with Crippen LogP contribution in [0, 0.1) is 11.8 Å². The Balaban J connectivity index is 1.63. The number of amides is 3. The number of likely N-dealkylation sites (tertiary alicyclic amines) is 1. The molecular formula is C35H49BrN4O7. The number of nitrogens with zero attached hydrogens (tertiary/aromatic N) is 3. The van der Waals surface area contributed by atoms with E-state index in [2.05, 4.69) is 53.2 Å². The van der Waals surface area contributed by atoms with Crippen LogP contribution in [0.15, 0.2) is 49.6 Å². The molecule has 0 aliphatic carbocycles. The molecule has 1 unspecified atom stereocenters. The third-order valence-electron chi connectivity index (χ3n) is 9.45. The lowest BCUT2D eigenvalue weighted by Crippen LogP contribution is -2.57. The number of unbranched alkanes of at least 4 members (excludes halogenated alkanes) is 1. The standard InChI is InChI=1S/C35H49BrN4O7/c1-6-10-13-27(42)37-22-23(5)46-34(45)28-29-32(43)40(19-11-12-20-41)31(35(29)21-26(36)30(28)47-35)33(44)39(18-7-2)25-16-14-24(15-17-25)38(8-3)9-4/h6-7,14-17,23,26,28-31,41H,1-2,8-13,18-22H2,3-5H3,(H,37,42)/t23-,26?,28-,29+,30-,31-,35+/m1/s1. The highest BCUT2D eigenvalue weighted by atomic mass is 79.9. The highest BCUT2D eigenvalue weighted by molar-refractivity contribution is 9.09. The molecule has 2 bridgehead atoms. The zero-order valence-corrected chi connectivity index (χ0v) is 29.3. The zero-order valence-electron chi connectivity index (χ0n) is 27.7. The highest BCUT2D eigenvalue weighted by Crippen LogP contribution is 2.60. The molecule has 0 radical (unpaired) electrons. The number of aliphatic hydroxyl groups excluding tert-OH is 1. The van der Waals surface area contributed by atoms with E-state index in [9.17, 15) is 24.3 Å². The van der Waals surface area contributed by atoms with Gasteiger partial charge in [0.05, 0.1) is 24.5 Å². The van der Waals surface area contributed by atoms with E-state index in [0.29, 0.717) is 31.4 Å². The predicted octanol–water partition coefficient (Wildman–Crippen LogP) is 3.59. The minimum absolute atomic E-state index is 0.0459. The Kier molecular flexibility index (Phi) is 12.7. The lowest BCUT2D eigenvalue weighted by Gasteiger charge is -2.37. The van der Waals surface area contributed by atoms with Crippen molar-refractivity contribution in [2.45, 2.75) is 81.6 Å². The number of halogens is 1. The number of rotatable bonds is 18. The van der Waals surface area contributed by atoms with Gasteiger partial charge in [-0.3, -0.25) is 19.2 Å². The molecule has 1 aromatic carbocycles. The first-order valence-electron chi connectivity index (χ1n) is 16.7. The molecule has 7 atom stereocenters. The summed E-state index contributed by atoms with van der Waals surface area (Å²) in [7, 11) is 0. The van der Waals surface area contributed by atoms with Crippen molar-refractivity contribution in [2.24, 2.45) is 11.8 Å². The van der Waals surface area contributed by atoms with Crippen molar-refractivity contribution in [1.29, 1.82) is 0 Å². The van der Waals surface area contributed by atoms with Crippen LogP contribution in [0.2, 0.25) is 0 Å². The Hall–Kier alpha value is -3.22. The molecule has 258 valence electrons. The molecule has 1 aromatic rings. The first-order valence-corrected chi connectivity index (χ1v) is 17.6. The lowest BCUT2D eigenvalue weighted by atomic mass is 9.70. The Labute approximate surface area is 286 Å². The quantitative estimate of drug-likeness (QED) is 0.102. The second-order valence-electron chi connectivity index (χ2n) is 12.4. The Morgan fingerprint density at radius 1 is 1.17 bits per heavy atom. The second kappa shape index (κ2) is 16.3. The van der Waals surface area contributed by atoms with Crippen LogP contribution in [0.4, 0.5) is 11.4 Å². The van der Waals surface area contributed by atoms with Crippen LogP contribution in [-0.4, -0.2) is 102 Å². The minimum Gasteiger partial charge on any atom is -0.460 e. The third kappa shape index (κ3) is 7.44. The van der Waals surface area contributed by atoms with Crippen molar-refractivity contribution in [3.05, 3.63) is 49.6 Å². The van der Waals surface area contributed by atoms with E-state index >= 15 is 0 Å². The third-order valence-corrected chi connectivity index (χ3v) is 10.3. The van der Waals surface area contributed by atoms with Crippen molar-refractivity contribution < 1.29 is 33.8 Å². The summed E-state index contributed by atoms with van der Waals surface area (Å²) in [6.45, 7) is 15.6. The number of benzene rings is 1. The van der Waals surface area contributed by atoms with Gasteiger partial charge in [0.25, 0.3) is 5.91 Å². The fourth-order valence-corrected chi connectivity index (χ4v) is 8.18. The summed E-state index contributed by atoms with van der Waals surface area (Å²) in [5.41, 5.74) is 0.451. The molecule has 0 saturated carbocycles. The molecule has 3 saturated heterocycles. The summed E-state index contributed by atoms with van der Waals surface area (Å²) in [6.07, 6.45) is 4.13. The maximum atomic E-state index is 14.7. The first kappa shape index (κ1) is 36.6. The van der Waals surface area contributed by atoms with E-state index in [1.54, 1.807) is 28.9 Å². The van der Waals surface area contributed by atoms with Crippen molar-refractivity contribution in [3.8, 4) is 0 Å². The van der Waals surface area contributed by atoms with Gasteiger partial charge in [-0.2, -0.15) is 0 Å². The zero-order chi connectivity index (χ0) is 34.3. The van der Waals surface area contributed by atoms with Gasteiger partial charge in [-0.1, -0.05) is 28.1 Å². The summed E-state index contributed by atoms with van der Waals surface area (Å²) in [4.78, 5) is 60.0. The van der Waals surface area contributed by atoms with Crippen molar-refractivity contribution in [1.82, 2.24) is 10.2 Å². The number of allylic oxidation sites excluding steroid dienone is 1. The fraction of sp³-hybridized carbons (Fsp3) is 0.600. The smallest absolute Gasteiger partial charge is 0.312 e. The predicted molar refractivity (Wildman–Crippen MR) is 184 cm³/mol. The SMILES string of the molecule is C=CCCC(=O)NC[C@@H](C)OC(=O)[C@H]1[C@@H]2O[C@@]3(CC2Br)[C@@H]1C(=O)N(CCCCO)[C@@H]3C(=O)N(CC=C)c1ccc(N(CC)CC)cc1. The minimum atomic E-state index is -1.25. The molecule has 3 heterocycles. The van der Waals surface area contributed by atoms with E-state index in [1.165, 1.54) is 0 Å². The second-order valence-corrected chi connectivity index (χ2v) is 13.6. The number of aliphatic hydroxyl groups is 1. The van der Waals surface area contributed by atoms with Crippen molar-refractivity contribution in [2.75, 3.05) is 49.1 Å². The molecule has 2 N–H and O–H groups in total. The Bertz CT molecular complexity index is 1310. The number of carbonyl (C=O) groups excluding carboxylic acids is 4. The Morgan fingerprint density at radius 2 is 1.85 bits per heavy atom. The van der Waals surface area contributed by atoms with Crippen LogP contribution in [0.5, 0.6) is 0 Å². The summed E-state index contributed by atoms with van der Waals surface area (Å²) in [5, 5.41) is 12.3. The topological polar surface area (TPSA) is 129 Å². The molecule has 1 spiro atoms. The largest absolute Gasteiger partial charge is 0.460 e. The highest BCUT2D eigenvalue weighted by Gasteiger charge is 2.77. The van der Waals surface area contributed by atoms with Crippen LogP contribution < -0.4 is 15.1 Å². The average molecular weight is 718 g/mol. The summed E-state index contributed by atoms with van der Waals surface area (Å²) >= 11 is 3.70. The van der Waals surface area contributed by atoms with Crippen LogP contribution in [0.25, 0.3) is 0 Å². The van der Waals surface area contributed by atoms with E-state index < -0.39 is 41.7 Å². The number of nitrogens with one attached hydrogen (secondary N) is 1. The maximum absolute atomic E-state index is 14.7. The Morgan fingerprint density at radius 3 is 2.47 bits per heavy atom. The van der Waals surface area contributed by atoms with Crippen LogP contribution in [-0.2, 0) is 28.7 Å². The molecule has 3 aliphatic rings. The number of alkyl halides is 1. The molecule has 3 aliphatic heterocycles. The maximum Gasteiger partial charge on any atom is 0.312 e. The van der Waals surface area contributed by atoms with Gasteiger partial charge >= 0.3 is 5.97 Å². The molecule has 4 rings (SSSR count). The fourth-order valence-electron chi connectivity index (χ4n) is 7.24. The average Bonchev–Trinajstić information content (AvgIpc) is 3.65. The molecule has 12 heteroatoms. The first-order chi connectivity index (χ1) is 22.6. The van der Waals surface area contributed by atoms with Gasteiger partial charge < -0.3 is 34.6 Å². The summed E-state index contributed by atoms with van der Waals surface area (Å²) in [6, 6.07) is 6.76. The monoisotopic (exact) mass is 716 g/mol. The van der Waals surface area contributed by atoms with E-state index in [0.717, 1.165) is 18.8 Å². The van der Waals surface area contributed by atoms with Gasteiger partial charge in [0, 0.05) is 55.4 Å². The summed E-state index contributed by atoms with van der Waals surface area (Å²) < 4.78 is 12.4. The molecule has 47 heavy (non-hydrogen) atoms. The lowest BCUT2D eigenvalue weighted by molar-refractivity contribution is -0.159. The van der Waals surface area contributed by atoms with Gasteiger partial charge in [-0.15, -0.1) is 13.2 Å². The van der Waals surface area contributed by atoms with Crippen molar-refractivity contribution >= 4 is 51.0 Å². The van der Waals surface area contributed by atoms with Crippen LogP contribution >= 0.6 is 15.9 Å². The van der Waals surface area contributed by atoms with Crippen LogP contribution in [0.3, 0.4) is 0 Å². The van der Waals surface area contributed by atoms with Gasteiger partial charge in [0.2, 0.25) is 11.8 Å². The number of hydrogen-bond donors (Lipinski definition) is 2. The van der Waals surface area contributed by atoms with Gasteiger partial charge in [0.15, 0.2) is 0 Å². The summed E-state index contributed by atoms with van der Waals surface area (Å²) in [5.74, 6) is -3.25. The number of ether oxygens (including phenoxy) is 2. The number of anilines is 2. The molecular weight excluding hydrogens is 668 g/mol. The van der Waals surface area contributed by atoms with Crippen LogP contribution in [0.1, 0.15) is 52.9 Å². The molecule has 3 fully saturated rings. The molecule has 0 aromatic heterocycles. The molecule has 11 nitrogen and oxygen atoms in total. The number of hydrogen-bond acceptors (Lipinski definition) is 8. The molecule has 3 amide bonds. The van der Waals surface area contributed by atoms with E-state index in [1.807, 2.05) is 24.3 Å². The van der Waals surface area contributed by atoms with Gasteiger partial charge in [-0.25, -0.2) is 0 Å². The van der Waals surface area contributed by atoms with E-state index in [-0.39, 0.29) is 55.2 Å². The van der Waals surface area contributed by atoms with Gasteiger partial charge in [0.1, 0.15) is 17.7 Å². The van der Waals surface area contributed by atoms with Crippen molar-refractivity contribution in [3.63, 3.8) is 0 Å². The van der Waals surface area contributed by atoms with Gasteiger partial charge in [-0.05, 0) is 70.7 Å². The number of esters is 1. The normalized spacial score (nSPS) is 26.4. The number of fused-ring (bicyclic) bond motifs is 1. The van der Waals surface area contributed by atoms with E-state index in [4.69, 9.17) is 9.47 Å².